The molecule has 5 heteroatoms. The molecule has 0 saturated heterocycles. The minimum Gasteiger partial charge on any atom is -0.474 e. The van der Waals surface area contributed by atoms with Crippen LogP contribution >= 0.6 is 11.3 Å². The third-order valence-electron chi connectivity index (χ3n) is 5.24. The number of aromatic nitrogens is 2. The van der Waals surface area contributed by atoms with Crippen LogP contribution in [0.3, 0.4) is 0 Å². The summed E-state index contributed by atoms with van der Waals surface area (Å²) in [4.78, 5) is 11.5. The minimum absolute atomic E-state index is 0.244. The van der Waals surface area contributed by atoms with Crippen molar-refractivity contribution in [3.63, 3.8) is 0 Å². The molecule has 4 rings (SSSR count). The summed E-state index contributed by atoms with van der Waals surface area (Å²) in [5.74, 6) is 1.21. The third kappa shape index (κ3) is 2.96. The number of hydrogen-bond acceptors (Lipinski definition) is 5. The number of thiophene rings is 1. The van der Waals surface area contributed by atoms with Crippen molar-refractivity contribution in [2.24, 2.45) is 0 Å². The molecule has 0 amide bonds. The maximum Gasteiger partial charge on any atom is 0.225 e. The SMILES string of the molecule is OCCC1CCCc2sc3ncnc(OC4CCCCC4)c3c21. The van der Waals surface area contributed by atoms with Gasteiger partial charge in [-0.2, -0.15) is 0 Å². The van der Waals surface area contributed by atoms with E-state index in [2.05, 4.69) is 9.97 Å². The number of aryl methyl sites for hydroxylation is 1. The first kappa shape index (κ1) is 15.3. The van der Waals surface area contributed by atoms with Crippen LogP contribution in [0.15, 0.2) is 6.33 Å². The summed E-state index contributed by atoms with van der Waals surface area (Å²) in [5.41, 5.74) is 1.37. The highest BCUT2D eigenvalue weighted by Gasteiger charge is 2.28. The van der Waals surface area contributed by atoms with Crippen LogP contribution in [0.2, 0.25) is 0 Å². The highest BCUT2D eigenvalue weighted by atomic mass is 32.1. The Bertz CT molecular complexity index is 679. The Labute approximate surface area is 140 Å². The molecular formula is C18H24N2O2S. The lowest BCUT2D eigenvalue weighted by atomic mass is 9.84. The Kier molecular flexibility index (Phi) is 4.49. The standard InChI is InChI=1S/C18H24N2O2S/c21-10-9-12-5-4-8-14-15(12)16-17(19-11-20-18(16)23-14)22-13-6-2-1-3-7-13/h11-13,21H,1-10H2. The first-order chi connectivity index (χ1) is 11.4. The number of ether oxygens (including phenoxy) is 1. The van der Waals surface area contributed by atoms with Gasteiger partial charge in [0.05, 0.1) is 5.39 Å². The van der Waals surface area contributed by atoms with Crippen molar-refractivity contribution >= 4 is 21.6 Å². The van der Waals surface area contributed by atoms with Gasteiger partial charge in [0.2, 0.25) is 5.88 Å². The second-order valence-electron chi connectivity index (χ2n) is 6.78. The fourth-order valence-electron chi connectivity index (χ4n) is 4.12. The summed E-state index contributed by atoms with van der Waals surface area (Å²) in [7, 11) is 0. The second kappa shape index (κ2) is 6.73. The highest BCUT2D eigenvalue weighted by Crippen LogP contribution is 2.45. The predicted molar refractivity (Wildman–Crippen MR) is 92.3 cm³/mol. The zero-order valence-corrected chi connectivity index (χ0v) is 14.3. The van der Waals surface area contributed by atoms with Crippen molar-refractivity contribution in [3.8, 4) is 5.88 Å². The molecule has 2 aromatic rings. The monoisotopic (exact) mass is 332 g/mol. The lowest BCUT2D eigenvalue weighted by Crippen LogP contribution is -2.20. The van der Waals surface area contributed by atoms with Gasteiger partial charge in [-0.25, -0.2) is 9.97 Å². The molecule has 0 bridgehead atoms. The van der Waals surface area contributed by atoms with Crippen LogP contribution in [0.4, 0.5) is 0 Å². The molecule has 0 radical (unpaired) electrons. The van der Waals surface area contributed by atoms with Crippen molar-refractivity contribution in [2.75, 3.05) is 6.61 Å². The zero-order chi connectivity index (χ0) is 15.6. The zero-order valence-electron chi connectivity index (χ0n) is 13.5. The average molecular weight is 332 g/mol. The third-order valence-corrected chi connectivity index (χ3v) is 6.41. The summed E-state index contributed by atoms with van der Waals surface area (Å²) >= 11 is 1.79. The molecule has 2 aliphatic carbocycles. The van der Waals surface area contributed by atoms with Crippen LogP contribution in [0.5, 0.6) is 5.88 Å². The molecule has 4 nitrogen and oxygen atoms in total. The summed E-state index contributed by atoms with van der Waals surface area (Å²) in [6.07, 6.45) is 12.4. The van der Waals surface area contributed by atoms with Crippen LogP contribution in [0.25, 0.3) is 10.2 Å². The topological polar surface area (TPSA) is 55.2 Å². The summed E-state index contributed by atoms with van der Waals surface area (Å²) in [5, 5.41) is 10.6. The summed E-state index contributed by atoms with van der Waals surface area (Å²) in [6.45, 7) is 0.244. The van der Waals surface area contributed by atoms with E-state index in [1.165, 1.54) is 36.1 Å². The molecular weight excluding hydrogens is 308 g/mol. The Hall–Kier alpha value is -1.20. The fourth-order valence-corrected chi connectivity index (χ4v) is 5.38. The van der Waals surface area contributed by atoms with Crippen LogP contribution in [0, 0.1) is 0 Å². The molecule has 1 atom stereocenters. The average Bonchev–Trinajstić information content (AvgIpc) is 2.96. The Morgan fingerprint density at radius 3 is 2.83 bits per heavy atom. The van der Waals surface area contributed by atoms with Crippen LogP contribution in [-0.4, -0.2) is 27.8 Å². The Morgan fingerprint density at radius 1 is 1.13 bits per heavy atom. The molecule has 1 N–H and O–H groups in total. The van der Waals surface area contributed by atoms with E-state index in [9.17, 15) is 5.11 Å². The fraction of sp³-hybridized carbons (Fsp3) is 0.667. The first-order valence-electron chi connectivity index (χ1n) is 8.90. The molecule has 2 aliphatic rings. The number of aliphatic hydroxyl groups excluding tert-OH is 1. The quantitative estimate of drug-likeness (QED) is 0.911. The van der Waals surface area contributed by atoms with Crippen molar-refractivity contribution in [1.29, 1.82) is 0 Å². The van der Waals surface area contributed by atoms with E-state index in [4.69, 9.17) is 4.74 Å². The number of rotatable bonds is 4. The Morgan fingerprint density at radius 2 is 2.00 bits per heavy atom. The molecule has 124 valence electrons. The van der Waals surface area contributed by atoms with Gasteiger partial charge >= 0.3 is 0 Å². The normalized spacial score (nSPS) is 22.2. The molecule has 0 spiro atoms. The largest absolute Gasteiger partial charge is 0.474 e. The highest BCUT2D eigenvalue weighted by molar-refractivity contribution is 7.18. The van der Waals surface area contributed by atoms with Crippen LogP contribution in [-0.2, 0) is 6.42 Å². The van der Waals surface area contributed by atoms with Gasteiger partial charge in [0, 0.05) is 11.5 Å². The van der Waals surface area contributed by atoms with Gasteiger partial charge in [-0.15, -0.1) is 11.3 Å². The van der Waals surface area contributed by atoms with Crippen LogP contribution in [0.1, 0.15) is 67.7 Å². The van der Waals surface area contributed by atoms with Crippen molar-refractivity contribution in [2.45, 2.75) is 69.8 Å². The van der Waals surface area contributed by atoms with E-state index < -0.39 is 0 Å². The molecule has 1 unspecified atom stereocenters. The second-order valence-corrected chi connectivity index (χ2v) is 7.86. The lowest BCUT2D eigenvalue weighted by molar-refractivity contribution is 0.150. The van der Waals surface area contributed by atoms with Gasteiger partial charge in [0.15, 0.2) is 0 Å². The Balaban J connectivity index is 1.74. The van der Waals surface area contributed by atoms with Crippen LogP contribution < -0.4 is 4.74 Å². The molecule has 1 fully saturated rings. The number of hydrogen-bond donors (Lipinski definition) is 1. The number of aliphatic hydroxyl groups is 1. The van der Waals surface area contributed by atoms with Gasteiger partial charge in [0.25, 0.3) is 0 Å². The van der Waals surface area contributed by atoms with E-state index >= 15 is 0 Å². The lowest BCUT2D eigenvalue weighted by Gasteiger charge is -2.25. The van der Waals surface area contributed by atoms with E-state index in [0.29, 0.717) is 12.0 Å². The number of nitrogens with zero attached hydrogens (tertiary/aromatic N) is 2. The summed E-state index contributed by atoms with van der Waals surface area (Å²) < 4.78 is 6.31. The maximum absolute atomic E-state index is 9.42. The van der Waals surface area contributed by atoms with Gasteiger partial charge in [0.1, 0.15) is 17.3 Å². The van der Waals surface area contributed by atoms with Gasteiger partial charge in [-0.05, 0) is 62.8 Å². The van der Waals surface area contributed by atoms with Gasteiger partial charge in [-0.3, -0.25) is 0 Å². The van der Waals surface area contributed by atoms with E-state index in [-0.39, 0.29) is 6.61 Å². The predicted octanol–water partition coefficient (Wildman–Crippen LogP) is 4.21. The molecule has 2 aromatic heterocycles. The summed E-state index contributed by atoms with van der Waals surface area (Å²) in [6, 6.07) is 0. The molecule has 0 aliphatic heterocycles. The minimum atomic E-state index is 0.244. The molecule has 1 saturated carbocycles. The number of fused-ring (bicyclic) bond motifs is 3. The van der Waals surface area contributed by atoms with Gasteiger partial charge in [-0.1, -0.05) is 6.42 Å². The molecule has 0 aromatic carbocycles. The molecule has 2 heterocycles. The van der Waals surface area contributed by atoms with E-state index in [0.717, 1.165) is 48.2 Å². The van der Waals surface area contributed by atoms with Crippen molar-refractivity contribution in [3.05, 3.63) is 16.8 Å². The van der Waals surface area contributed by atoms with Crippen molar-refractivity contribution < 1.29 is 9.84 Å². The molecule has 23 heavy (non-hydrogen) atoms. The van der Waals surface area contributed by atoms with E-state index in [1.807, 2.05) is 0 Å². The maximum atomic E-state index is 9.42. The van der Waals surface area contributed by atoms with Gasteiger partial charge < -0.3 is 9.84 Å². The smallest absolute Gasteiger partial charge is 0.225 e. The van der Waals surface area contributed by atoms with Crippen molar-refractivity contribution in [1.82, 2.24) is 9.97 Å². The first-order valence-corrected chi connectivity index (χ1v) is 9.72. The van der Waals surface area contributed by atoms with E-state index in [1.54, 1.807) is 17.7 Å².